The number of thiazole rings is 1. The molecule has 2 unspecified atom stereocenters. The van der Waals surface area contributed by atoms with E-state index in [1.54, 1.807) is 18.3 Å². The number of ether oxygens (including phenoxy) is 1. The van der Waals surface area contributed by atoms with E-state index in [1.165, 1.54) is 12.0 Å². The number of rotatable bonds is 13. The Morgan fingerprint density at radius 1 is 1.12 bits per heavy atom. The average molecular weight is 598 g/mol. The van der Waals surface area contributed by atoms with Gasteiger partial charge in [0.05, 0.1) is 28.4 Å². The summed E-state index contributed by atoms with van der Waals surface area (Å²) in [5.74, 6) is 0.0600. The summed E-state index contributed by atoms with van der Waals surface area (Å²) >= 11 is 1.57. The Bertz CT molecular complexity index is 1230. The Kier molecular flexibility index (Phi) is 11.9. The van der Waals surface area contributed by atoms with Gasteiger partial charge in [0.2, 0.25) is 17.7 Å². The average Bonchev–Trinajstić information content (AvgIpc) is 3.41. The molecule has 9 nitrogen and oxygen atoms in total. The number of benzene rings is 1. The van der Waals surface area contributed by atoms with Crippen molar-refractivity contribution < 1.29 is 19.1 Å². The van der Waals surface area contributed by atoms with Crippen molar-refractivity contribution in [3.63, 3.8) is 0 Å². The van der Waals surface area contributed by atoms with Gasteiger partial charge >= 0.3 is 0 Å². The van der Waals surface area contributed by atoms with Crippen LogP contribution in [0.5, 0.6) is 0 Å². The van der Waals surface area contributed by atoms with E-state index in [9.17, 15) is 14.4 Å². The van der Waals surface area contributed by atoms with Crippen molar-refractivity contribution in [1.82, 2.24) is 25.8 Å². The first kappa shape index (κ1) is 32.1. The highest BCUT2D eigenvalue weighted by Crippen LogP contribution is 2.28. The smallest absolute Gasteiger partial charge is 0.247 e. The van der Waals surface area contributed by atoms with Crippen molar-refractivity contribution in [1.29, 1.82) is 0 Å². The van der Waals surface area contributed by atoms with Gasteiger partial charge < -0.3 is 20.7 Å². The van der Waals surface area contributed by atoms with E-state index in [0.717, 1.165) is 54.0 Å². The minimum absolute atomic E-state index is 0.180. The van der Waals surface area contributed by atoms with Crippen molar-refractivity contribution in [3.05, 3.63) is 40.9 Å². The lowest BCUT2D eigenvalue weighted by Gasteiger charge is -2.32. The Balaban J connectivity index is 1.44. The molecule has 2 heterocycles. The summed E-state index contributed by atoms with van der Waals surface area (Å²) in [6, 6.07) is 5.30. The Labute approximate surface area is 253 Å². The standard InChI is InChI=1S/C32H47N5O4S/c1-5-29(38)34-26(18-30-35-25-12-11-24(21(2)3)17-28(25)42-30)32(40)36-27(23-9-7-6-8-10-23)19-33-31(39)22(4)20-37-13-15-41-16-14-37/h11-12,17,21,23,26-27H,4-10,13-16,18-20H2,1-3H3,(H,33,39)(H,34,38)(H,36,40). The van der Waals surface area contributed by atoms with Crippen LogP contribution in [0.25, 0.3) is 10.2 Å². The molecule has 2 atom stereocenters. The summed E-state index contributed by atoms with van der Waals surface area (Å²) in [4.78, 5) is 46.1. The molecule has 1 aromatic heterocycles. The molecule has 3 amide bonds. The number of morpholine rings is 1. The van der Waals surface area contributed by atoms with E-state index >= 15 is 0 Å². The van der Waals surface area contributed by atoms with Gasteiger partial charge in [0.25, 0.3) is 0 Å². The van der Waals surface area contributed by atoms with E-state index in [1.807, 2.05) is 6.07 Å². The Morgan fingerprint density at radius 2 is 1.86 bits per heavy atom. The second kappa shape index (κ2) is 15.6. The SMILES string of the molecule is C=C(CN1CCOCC1)C(=O)NCC(NC(=O)C(Cc1nc2ccc(C(C)C)cc2s1)NC(=O)CC)C1CCCCC1. The predicted octanol–water partition coefficient (Wildman–Crippen LogP) is 3.93. The number of hydrogen-bond donors (Lipinski definition) is 3. The molecule has 0 spiro atoms. The maximum atomic E-state index is 13.8. The topological polar surface area (TPSA) is 113 Å². The largest absolute Gasteiger partial charge is 0.379 e. The van der Waals surface area contributed by atoms with Crippen molar-refractivity contribution in [2.45, 2.75) is 83.7 Å². The molecule has 2 aromatic rings. The summed E-state index contributed by atoms with van der Waals surface area (Å²) in [5, 5.41) is 9.99. The number of nitrogens with zero attached hydrogens (tertiary/aromatic N) is 2. The maximum Gasteiger partial charge on any atom is 0.247 e. The predicted molar refractivity (Wildman–Crippen MR) is 168 cm³/mol. The fourth-order valence-electron chi connectivity index (χ4n) is 5.70. The zero-order valence-corrected chi connectivity index (χ0v) is 26.2. The van der Waals surface area contributed by atoms with Crippen molar-refractivity contribution in [2.75, 3.05) is 39.4 Å². The van der Waals surface area contributed by atoms with Gasteiger partial charge in [-0.25, -0.2) is 4.98 Å². The molecule has 1 aliphatic carbocycles. The number of fused-ring (bicyclic) bond motifs is 1. The second-order valence-corrected chi connectivity index (χ2v) is 13.0. The van der Waals surface area contributed by atoms with Crippen molar-refractivity contribution in [3.8, 4) is 0 Å². The molecule has 1 saturated heterocycles. The molecular formula is C32H47N5O4S. The van der Waals surface area contributed by atoms with Crippen LogP contribution in [0, 0.1) is 5.92 Å². The summed E-state index contributed by atoms with van der Waals surface area (Å²) < 4.78 is 6.48. The van der Waals surface area contributed by atoms with Crippen LogP contribution >= 0.6 is 11.3 Å². The van der Waals surface area contributed by atoms with Gasteiger partial charge in [-0.15, -0.1) is 11.3 Å². The van der Waals surface area contributed by atoms with Gasteiger partial charge in [-0.1, -0.05) is 52.7 Å². The summed E-state index contributed by atoms with van der Waals surface area (Å²) in [5.41, 5.74) is 2.66. The van der Waals surface area contributed by atoms with Crippen LogP contribution in [0.3, 0.4) is 0 Å². The fraction of sp³-hybridized carbons (Fsp3) is 0.625. The van der Waals surface area contributed by atoms with Gasteiger partial charge in [-0.2, -0.15) is 0 Å². The molecule has 2 fully saturated rings. The third-order valence-electron chi connectivity index (χ3n) is 8.34. The molecule has 230 valence electrons. The van der Waals surface area contributed by atoms with Crippen LogP contribution in [0.15, 0.2) is 30.4 Å². The Hall–Kier alpha value is -2.82. The minimum atomic E-state index is -0.749. The molecule has 42 heavy (non-hydrogen) atoms. The highest BCUT2D eigenvalue weighted by molar-refractivity contribution is 7.18. The molecule has 1 aliphatic heterocycles. The van der Waals surface area contributed by atoms with E-state index < -0.39 is 6.04 Å². The van der Waals surface area contributed by atoms with E-state index in [2.05, 4.69) is 53.4 Å². The first-order valence-corrected chi connectivity index (χ1v) is 16.3. The number of carbonyl (C=O) groups is 3. The molecule has 2 aliphatic rings. The lowest BCUT2D eigenvalue weighted by Crippen LogP contribution is -2.55. The third kappa shape index (κ3) is 9.09. The molecule has 1 aromatic carbocycles. The first-order valence-electron chi connectivity index (χ1n) is 15.5. The van der Waals surface area contributed by atoms with Crippen molar-refractivity contribution >= 4 is 39.3 Å². The number of carbonyl (C=O) groups excluding carboxylic acids is 3. The number of amides is 3. The number of nitrogens with one attached hydrogen (secondary N) is 3. The molecule has 0 radical (unpaired) electrons. The zero-order valence-electron chi connectivity index (χ0n) is 25.4. The highest BCUT2D eigenvalue weighted by Gasteiger charge is 2.30. The summed E-state index contributed by atoms with van der Waals surface area (Å²) in [6.07, 6.45) is 5.99. The molecule has 1 saturated carbocycles. The van der Waals surface area contributed by atoms with Gasteiger partial charge in [-0.05, 0) is 42.4 Å². The molecule has 3 N–H and O–H groups in total. The normalized spacial score (nSPS) is 18.0. The molecule has 10 heteroatoms. The third-order valence-corrected chi connectivity index (χ3v) is 9.38. The van der Waals surface area contributed by atoms with Crippen molar-refractivity contribution in [2.24, 2.45) is 5.92 Å². The molecule has 0 bridgehead atoms. The van der Waals surface area contributed by atoms with Crippen LogP contribution in [0.4, 0.5) is 0 Å². The summed E-state index contributed by atoms with van der Waals surface area (Å²) in [6.45, 7) is 13.8. The molecule has 4 rings (SSSR count). The van der Waals surface area contributed by atoms with Gasteiger partial charge in [0.15, 0.2) is 0 Å². The summed E-state index contributed by atoms with van der Waals surface area (Å²) in [7, 11) is 0. The number of hydrogen-bond acceptors (Lipinski definition) is 7. The minimum Gasteiger partial charge on any atom is -0.379 e. The zero-order chi connectivity index (χ0) is 30.1. The highest BCUT2D eigenvalue weighted by atomic mass is 32.1. The van der Waals surface area contributed by atoms with Crippen LogP contribution in [0.2, 0.25) is 0 Å². The van der Waals surface area contributed by atoms with Crippen LogP contribution < -0.4 is 16.0 Å². The number of aromatic nitrogens is 1. The quantitative estimate of drug-likeness (QED) is 0.302. The lowest BCUT2D eigenvalue weighted by molar-refractivity contribution is -0.129. The maximum absolute atomic E-state index is 13.8. The Morgan fingerprint density at radius 3 is 2.55 bits per heavy atom. The van der Waals surface area contributed by atoms with Crippen LogP contribution in [-0.2, 0) is 25.5 Å². The van der Waals surface area contributed by atoms with Crippen LogP contribution in [-0.4, -0.2) is 79.1 Å². The van der Waals surface area contributed by atoms with E-state index in [-0.39, 0.29) is 36.1 Å². The fourth-order valence-corrected chi connectivity index (χ4v) is 6.76. The van der Waals surface area contributed by atoms with Gasteiger partial charge in [-0.3, -0.25) is 19.3 Å². The van der Waals surface area contributed by atoms with Crippen LogP contribution in [0.1, 0.15) is 75.8 Å². The van der Waals surface area contributed by atoms with E-state index in [4.69, 9.17) is 9.72 Å². The second-order valence-electron chi connectivity index (χ2n) is 11.9. The first-order chi connectivity index (χ1) is 20.2. The monoisotopic (exact) mass is 597 g/mol. The molecular weight excluding hydrogens is 550 g/mol. The van der Waals surface area contributed by atoms with Gasteiger partial charge in [0, 0.05) is 50.6 Å². The van der Waals surface area contributed by atoms with E-state index in [0.29, 0.717) is 44.2 Å². The lowest BCUT2D eigenvalue weighted by atomic mass is 9.83. The van der Waals surface area contributed by atoms with Gasteiger partial charge in [0.1, 0.15) is 6.04 Å².